The summed E-state index contributed by atoms with van der Waals surface area (Å²) in [5.41, 5.74) is 1.11. The van der Waals surface area contributed by atoms with E-state index in [4.69, 9.17) is 4.74 Å². The second-order valence-corrected chi connectivity index (χ2v) is 6.59. The Balaban J connectivity index is 1.77. The van der Waals surface area contributed by atoms with Gasteiger partial charge in [-0.2, -0.15) is 0 Å². The summed E-state index contributed by atoms with van der Waals surface area (Å²) in [6.45, 7) is 3.47. The number of hydrogen-bond donors (Lipinski definition) is 1. The zero-order chi connectivity index (χ0) is 19.6. The molecule has 0 saturated carbocycles. The van der Waals surface area contributed by atoms with E-state index in [1.54, 1.807) is 21.0 Å². The van der Waals surface area contributed by atoms with Crippen LogP contribution in [0.15, 0.2) is 54.6 Å². The number of halogens is 2. The highest BCUT2D eigenvalue weighted by Crippen LogP contribution is 2.26. The van der Waals surface area contributed by atoms with Gasteiger partial charge in [0.1, 0.15) is 17.4 Å². The Morgan fingerprint density at radius 3 is 2.37 bits per heavy atom. The highest BCUT2D eigenvalue weighted by molar-refractivity contribution is 5.88. The molecule has 2 atom stereocenters. The molecule has 140 valence electrons. The van der Waals surface area contributed by atoms with Crippen molar-refractivity contribution in [3.8, 4) is 5.75 Å². The van der Waals surface area contributed by atoms with E-state index < -0.39 is 23.6 Å². The zero-order valence-electron chi connectivity index (χ0n) is 15.4. The molecule has 5 heteroatoms. The predicted molar refractivity (Wildman–Crippen MR) is 102 cm³/mol. The van der Waals surface area contributed by atoms with Gasteiger partial charge in [0.15, 0.2) is 0 Å². The Bertz CT molecular complexity index is 987. The van der Waals surface area contributed by atoms with E-state index in [2.05, 4.69) is 5.32 Å². The first kappa shape index (κ1) is 18.8. The largest absolute Gasteiger partial charge is 0.497 e. The van der Waals surface area contributed by atoms with Gasteiger partial charge < -0.3 is 10.1 Å². The fourth-order valence-corrected chi connectivity index (χ4v) is 3.06. The summed E-state index contributed by atoms with van der Waals surface area (Å²) in [7, 11) is 1.62. The number of fused-ring (bicyclic) bond motifs is 1. The van der Waals surface area contributed by atoms with Crippen LogP contribution in [0.4, 0.5) is 8.78 Å². The average molecular weight is 369 g/mol. The number of carbonyl (C=O) groups excluding carboxylic acids is 1. The van der Waals surface area contributed by atoms with E-state index in [0.29, 0.717) is 0 Å². The van der Waals surface area contributed by atoms with Crippen LogP contribution >= 0.6 is 0 Å². The Morgan fingerprint density at radius 1 is 0.963 bits per heavy atom. The molecule has 3 aromatic rings. The lowest BCUT2D eigenvalue weighted by molar-refractivity contribution is -0.122. The molecule has 0 heterocycles. The molecule has 1 N–H and O–H groups in total. The molecular formula is C22H21F2NO2. The zero-order valence-corrected chi connectivity index (χ0v) is 15.4. The molecule has 0 spiro atoms. The first-order chi connectivity index (χ1) is 12.9. The quantitative estimate of drug-likeness (QED) is 0.679. The maximum atomic E-state index is 13.9. The second kappa shape index (κ2) is 7.74. The SMILES string of the molecule is COc1ccc2cc([C@@H](C)C(=O)N[C@@H](C)c3ccc(F)cc3F)ccc2c1. The molecule has 3 nitrogen and oxygen atoms in total. The fourth-order valence-electron chi connectivity index (χ4n) is 3.06. The van der Waals surface area contributed by atoms with Gasteiger partial charge in [-0.15, -0.1) is 0 Å². The van der Waals surface area contributed by atoms with Crippen LogP contribution in [0, 0.1) is 11.6 Å². The van der Waals surface area contributed by atoms with Crippen LogP contribution in [0.25, 0.3) is 10.8 Å². The van der Waals surface area contributed by atoms with E-state index in [9.17, 15) is 13.6 Å². The van der Waals surface area contributed by atoms with E-state index in [1.165, 1.54) is 12.1 Å². The van der Waals surface area contributed by atoms with Crippen molar-refractivity contribution in [3.05, 3.63) is 77.4 Å². The normalized spacial score (nSPS) is 13.2. The summed E-state index contributed by atoms with van der Waals surface area (Å²) < 4.78 is 32.2. The molecule has 3 rings (SSSR count). The highest BCUT2D eigenvalue weighted by Gasteiger charge is 2.20. The van der Waals surface area contributed by atoms with E-state index in [1.807, 2.05) is 36.4 Å². The number of amides is 1. The molecule has 0 aliphatic rings. The number of benzene rings is 3. The number of ether oxygens (including phenoxy) is 1. The number of carbonyl (C=O) groups is 1. The maximum absolute atomic E-state index is 13.9. The summed E-state index contributed by atoms with van der Waals surface area (Å²) in [6, 6.07) is 14.3. The van der Waals surface area contributed by atoms with Gasteiger partial charge in [0.2, 0.25) is 5.91 Å². The molecule has 0 unspecified atom stereocenters. The average Bonchev–Trinajstić information content (AvgIpc) is 2.66. The molecular weight excluding hydrogens is 348 g/mol. The van der Waals surface area contributed by atoms with Crippen LogP contribution in [-0.4, -0.2) is 13.0 Å². The van der Waals surface area contributed by atoms with Gasteiger partial charge in [0.05, 0.1) is 19.1 Å². The lowest BCUT2D eigenvalue weighted by Crippen LogP contribution is -2.31. The first-order valence-electron chi connectivity index (χ1n) is 8.72. The lowest BCUT2D eigenvalue weighted by atomic mass is 9.96. The Labute approximate surface area is 157 Å². The van der Waals surface area contributed by atoms with Gasteiger partial charge in [-0.05, 0) is 48.4 Å². The molecule has 0 aliphatic carbocycles. The van der Waals surface area contributed by atoms with Crippen molar-refractivity contribution in [1.82, 2.24) is 5.32 Å². The number of rotatable bonds is 5. The van der Waals surface area contributed by atoms with Crippen LogP contribution in [0.3, 0.4) is 0 Å². The van der Waals surface area contributed by atoms with Gasteiger partial charge >= 0.3 is 0 Å². The number of hydrogen-bond acceptors (Lipinski definition) is 2. The lowest BCUT2D eigenvalue weighted by Gasteiger charge is -2.19. The second-order valence-electron chi connectivity index (χ2n) is 6.59. The smallest absolute Gasteiger partial charge is 0.227 e. The minimum Gasteiger partial charge on any atom is -0.497 e. The van der Waals surface area contributed by atoms with Gasteiger partial charge in [-0.3, -0.25) is 4.79 Å². The molecule has 0 bridgehead atoms. The van der Waals surface area contributed by atoms with Crippen LogP contribution in [0.5, 0.6) is 5.75 Å². The third kappa shape index (κ3) is 4.08. The Kier molecular flexibility index (Phi) is 5.40. The fraction of sp³-hybridized carbons (Fsp3) is 0.227. The summed E-state index contributed by atoms with van der Waals surface area (Å²) in [4.78, 5) is 12.6. The third-order valence-electron chi connectivity index (χ3n) is 4.75. The van der Waals surface area contributed by atoms with Crippen molar-refractivity contribution in [3.63, 3.8) is 0 Å². The van der Waals surface area contributed by atoms with Crippen molar-refractivity contribution >= 4 is 16.7 Å². The molecule has 0 saturated heterocycles. The van der Waals surface area contributed by atoms with Gasteiger partial charge in [-0.1, -0.05) is 30.3 Å². The van der Waals surface area contributed by atoms with Crippen LogP contribution in [0.2, 0.25) is 0 Å². The standard InChI is InChI=1S/C22H21F2NO2/c1-13(15-4-5-17-11-19(27-3)8-6-16(17)10-15)22(26)25-14(2)20-9-7-18(23)12-21(20)24/h4-14H,1-3H3,(H,25,26)/t13-,14+/m1/s1. The van der Waals surface area contributed by atoms with Crippen molar-refractivity contribution in [2.75, 3.05) is 7.11 Å². The highest BCUT2D eigenvalue weighted by atomic mass is 19.1. The van der Waals surface area contributed by atoms with Crippen LogP contribution in [-0.2, 0) is 4.79 Å². The van der Waals surface area contributed by atoms with Crippen molar-refractivity contribution in [2.24, 2.45) is 0 Å². The minimum absolute atomic E-state index is 0.223. The minimum atomic E-state index is -0.671. The van der Waals surface area contributed by atoms with E-state index in [0.717, 1.165) is 28.2 Å². The van der Waals surface area contributed by atoms with Crippen molar-refractivity contribution < 1.29 is 18.3 Å². The summed E-state index contributed by atoms with van der Waals surface area (Å²) in [6.07, 6.45) is 0. The van der Waals surface area contributed by atoms with Gasteiger partial charge in [-0.25, -0.2) is 8.78 Å². The van der Waals surface area contributed by atoms with Crippen molar-refractivity contribution in [1.29, 1.82) is 0 Å². The topological polar surface area (TPSA) is 38.3 Å². The van der Waals surface area contributed by atoms with E-state index >= 15 is 0 Å². The summed E-state index contributed by atoms with van der Waals surface area (Å²) in [5.74, 6) is -1.18. The molecule has 0 aromatic heterocycles. The third-order valence-corrected chi connectivity index (χ3v) is 4.75. The summed E-state index contributed by atoms with van der Waals surface area (Å²) >= 11 is 0. The first-order valence-corrected chi connectivity index (χ1v) is 8.72. The molecule has 0 fully saturated rings. The maximum Gasteiger partial charge on any atom is 0.227 e. The number of methoxy groups -OCH3 is 1. The van der Waals surface area contributed by atoms with E-state index in [-0.39, 0.29) is 11.5 Å². The Hall–Kier alpha value is -2.95. The predicted octanol–water partition coefficient (Wildman–Crippen LogP) is 5.11. The molecule has 3 aromatic carbocycles. The molecule has 1 amide bonds. The molecule has 0 aliphatic heterocycles. The van der Waals surface area contributed by atoms with Gasteiger partial charge in [0, 0.05) is 11.6 Å². The number of nitrogens with one attached hydrogen (secondary N) is 1. The molecule has 0 radical (unpaired) electrons. The molecule has 27 heavy (non-hydrogen) atoms. The summed E-state index contributed by atoms with van der Waals surface area (Å²) in [5, 5.41) is 4.83. The van der Waals surface area contributed by atoms with Crippen molar-refractivity contribution in [2.45, 2.75) is 25.8 Å². The Morgan fingerprint density at radius 2 is 1.67 bits per heavy atom. The monoisotopic (exact) mass is 369 g/mol. The van der Waals surface area contributed by atoms with Crippen LogP contribution in [0.1, 0.15) is 36.9 Å². The van der Waals surface area contributed by atoms with Gasteiger partial charge in [0.25, 0.3) is 0 Å². The van der Waals surface area contributed by atoms with Crippen LogP contribution < -0.4 is 10.1 Å².